The van der Waals surface area contributed by atoms with Gasteiger partial charge in [-0.3, -0.25) is 0 Å². The number of hydrogen-bond donors (Lipinski definition) is 2. The molecule has 2 N–H and O–H groups in total. The smallest absolute Gasteiger partial charge is 0.167 e. The fourth-order valence-electron chi connectivity index (χ4n) is 2.09. The van der Waals surface area contributed by atoms with Crippen molar-refractivity contribution < 1.29 is 14.6 Å². The molecule has 0 bridgehead atoms. The van der Waals surface area contributed by atoms with Gasteiger partial charge in [-0.1, -0.05) is 46.3 Å². The van der Waals surface area contributed by atoms with Crippen LogP contribution in [0.5, 0.6) is 11.5 Å². The van der Waals surface area contributed by atoms with Gasteiger partial charge in [-0.15, -0.1) is 0 Å². The average Bonchev–Trinajstić information content (AvgIpc) is 2.56. The Balaban J connectivity index is 2.20. The summed E-state index contributed by atoms with van der Waals surface area (Å²) in [6, 6.07) is 13.8. The van der Waals surface area contributed by atoms with Gasteiger partial charge in [0.15, 0.2) is 11.5 Å². The number of aliphatic hydroxyl groups excluding tert-OH is 1. The predicted octanol–water partition coefficient (Wildman–Crippen LogP) is 3.12. The Morgan fingerprint density at radius 3 is 2.59 bits per heavy atom. The van der Waals surface area contributed by atoms with Crippen LogP contribution in [0.25, 0.3) is 0 Å². The molecule has 0 fully saturated rings. The Hall–Kier alpha value is -1.56. The summed E-state index contributed by atoms with van der Waals surface area (Å²) in [5.41, 5.74) is 2.07. The molecule has 2 rings (SSSR count). The minimum Gasteiger partial charge on any atom is -0.493 e. The van der Waals surface area contributed by atoms with Crippen molar-refractivity contribution in [2.75, 3.05) is 20.3 Å². The van der Waals surface area contributed by atoms with Gasteiger partial charge < -0.3 is 19.9 Å². The Kier molecular flexibility index (Phi) is 6.71. The molecule has 0 aliphatic rings. The fourth-order valence-corrected chi connectivity index (χ4v) is 2.54. The first-order chi connectivity index (χ1) is 10.8. The Labute approximate surface area is 139 Å². The standard InChI is InChI=1S/C17H20BrNO3/c1-21-16-8-7-15(18)14(11-19-9-10-20)17(16)22-12-13-5-3-2-4-6-13/h2-8,19-20H,9-12H2,1H3. The van der Waals surface area contributed by atoms with E-state index in [1.165, 1.54) is 0 Å². The zero-order valence-electron chi connectivity index (χ0n) is 12.5. The van der Waals surface area contributed by atoms with E-state index in [1.807, 2.05) is 42.5 Å². The highest BCUT2D eigenvalue weighted by Gasteiger charge is 2.14. The second-order valence-corrected chi connectivity index (χ2v) is 5.59. The number of hydrogen-bond acceptors (Lipinski definition) is 4. The van der Waals surface area contributed by atoms with Crippen molar-refractivity contribution >= 4 is 15.9 Å². The van der Waals surface area contributed by atoms with Crippen LogP contribution in [0, 0.1) is 0 Å². The second kappa shape index (κ2) is 8.78. The van der Waals surface area contributed by atoms with Crippen molar-refractivity contribution in [3.05, 3.63) is 58.1 Å². The lowest BCUT2D eigenvalue weighted by Gasteiger charge is -2.17. The van der Waals surface area contributed by atoms with E-state index in [-0.39, 0.29) is 6.61 Å². The van der Waals surface area contributed by atoms with Crippen molar-refractivity contribution in [3.63, 3.8) is 0 Å². The van der Waals surface area contributed by atoms with E-state index < -0.39 is 0 Å². The molecule has 0 radical (unpaired) electrons. The lowest BCUT2D eigenvalue weighted by molar-refractivity contribution is 0.277. The molecular weight excluding hydrogens is 346 g/mol. The van der Waals surface area contributed by atoms with Crippen LogP contribution in [-0.2, 0) is 13.2 Å². The first-order valence-corrected chi connectivity index (χ1v) is 7.89. The molecule has 2 aromatic carbocycles. The molecule has 0 aliphatic heterocycles. The molecule has 0 amide bonds. The van der Waals surface area contributed by atoms with Crippen molar-refractivity contribution in [2.45, 2.75) is 13.2 Å². The van der Waals surface area contributed by atoms with E-state index in [0.717, 1.165) is 15.6 Å². The van der Waals surface area contributed by atoms with Crippen molar-refractivity contribution in [3.8, 4) is 11.5 Å². The summed E-state index contributed by atoms with van der Waals surface area (Å²) >= 11 is 3.55. The summed E-state index contributed by atoms with van der Waals surface area (Å²) in [7, 11) is 1.63. The van der Waals surface area contributed by atoms with Crippen LogP contribution >= 0.6 is 15.9 Å². The molecule has 0 heterocycles. The number of rotatable bonds is 8. The van der Waals surface area contributed by atoms with Gasteiger partial charge in [0, 0.05) is 23.1 Å². The molecule has 0 aromatic heterocycles. The maximum atomic E-state index is 8.91. The van der Waals surface area contributed by atoms with Gasteiger partial charge in [0.05, 0.1) is 13.7 Å². The van der Waals surface area contributed by atoms with E-state index in [4.69, 9.17) is 14.6 Å². The molecule has 2 aromatic rings. The highest BCUT2D eigenvalue weighted by atomic mass is 79.9. The number of nitrogens with one attached hydrogen (secondary N) is 1. The zero-order chi connectivity index (χ0) is 15.8. The van der Waals surface area contributed by atoms with Crippen LogP contribution in [0.1, 0.15) is 11.1 Å². The molecule has 5 heteroatoms. The van der Waals surface area contributed by atoms with Crippen LogP contribution in [0.2, 0.25) is 0 Å². The van der Waals surface area contributed by atoms with Crippen LogP contribution in [0.3, 0.4) is 0 Å². The maximum Gasteiger partial charge on any atom is 0.167 e. The first kappa shape index (κ1) is 16.8. The highest BCUT2D eigenvalue weighted by molar-refractivity contribution is 9.10. The van der Waals surface area contributed by atoms with Gasteiger partial charge in [0.1, 0.15) is 6.61 Å². The summed E-state index contributed by atoms with van der Waals surface area (Å²) in [5, 5.41) is 12.1. The Morgan fingerprint density at radius 1 is 1.14 bits per heavy atom. The van der Waals surface area contributed by atoms with Crippen molar-refractivity contribution in [1.82, 2.24) is 5.32 Å². The molecule has 4 nitrogen and oxygen atoms in total. The van der Waals surface area contributed by atoms with E-state index in [0.29, 0.717) is 31.2 Å². The van der Waals surface area contributed by atoms with Crippen molar-refractivity contribution in [2.24, 2.45) is 0 Å². The minimum atomic E-state index is 0.0990. The van der Waals surface area contributed by atoms with Crippen LogP contribution in [0.15, 0.2) is 46.9 Å². The predicted molar refractivity (Wildman–Crippen MR) is 90.3 cm³/mol. The van der Waals surface area contributed by atoms with Gasteiger partial charge >= 0.3 is 0 Å². The SMILES string of the molecule is COc1ccc(Br)c(CNCCO)c1OCc1ccccc1. The lowest BCUT2D eigenvalue weighted by Crippen LogP contribution is -2.18. The van der Waals surface area contributed by atoms with E-state index >= 15 is 0 Å². The number of aliphatic hydroxyl groups is 1. The quantitative estimate of drug-likeness (QED) is 0.705. The first-order valence-electron chi connectivity index (χ1n) is 7.10. The summed E-state index contributed by atoms with van der Waals surface area (Å²) in [6.45, 7) is 1.69. The number of methoxy groups -OCH3 is 1. The van der Waals surface area contributed by atoms with E-state index in [2.05, 4.69) is 21.2 Å². The normalized spacial score (nSPS) is 10.5. The summed E-state index contributed by atoms with van der Waals surface area (Å²) in [5.74, 6) is 1.41. The summed E-state index contributed by atoms with van der Waals surface area (Å²) in [4.78, 5) is 0. The zero-order valence-corrected chi connectivity index (χ0v) is 14.1. The van der Waals surface area contributed by atoms with E-state index in [9.17, 15) is 0 Å². The molecule has 118 valence electrons. The lowest BCUT2D eigenvalue weighted by atomic mass is 10.1. The molecule has 0 saturated heterocycles. The third-order valence-corrected chi connectivity index (χ3v) is 3.95. The largest absolute Gasteiger partial charge is 0.493 e. The van der Waals surface area contributed by atoms with Gasteiger partial charge in [-0.05, 0) is 17.7 Å². The monoisotopic (exact) mass is 365 g/mol. The summed E-state index contributed by atoms with van der Waals surface area (Å²) < 4.78 is 12.4. The molecule has 0 saturated carbocycles. The highest BCUT2D eigenvalue weighted by Crippen LogP contribution is 2.36. The van der Waals surface area contributed by atoms with Gasteiger partial charge in [-0.2, -0.15) is 0 Å². The third kappa shape index (κ3) is 4.47. The topological polar surface area (TPSA) is 50.7 Å². The Morgan fingerprint density at radius 2 is 1.91 bits per heavy atom. The number of benzene rings is 2. The van der Waals surface area contributed by atoms with E-state index in [1.54, 1.807) is 7.11 Å². The van der Waals surface area contributed by atoms with Crippen LogP contribution < -0.4 is 14.8 Å². The molecule has 0 spiro atoms. The molecule has 0 atom stereocenters. The summed E-state index contributed by atoms with van der Waals surface area (Å²) in [6.07, 6.45) is 0. The second-order valence-electron chi connectivity index (χ2n) is 4.73. The molecule has 22 heavy (non-hydrogen) atoms. The molecular formula is C17H20BrNO3. The number of ether oxygens (including phenoxy) is 2. The molecule has 0 unspecified atom stereocenters. The van der Waals surface area contributed by atoms with Gasteiger partial charge in [0.25, 0.3) is 0 Å². The van der Waals surface area contributed by atoms with Gasteiger partial charge in [-0.25, -0.2) is 0 Å². The van der Waals surface area contributed by atoms with Crippen LogP contribution in [-0.4, -0.2) is 25.4 Å². The fraction of sp³-hybridized carbons (Fsp3) is 0.294. The Bertz CT molecular complexity index is 590. The van der Waals surface area contributed by atoms with Gasteiger partial charge in [0.2, 0.25) is 0 Å². The van der Waals surface area contributed by atoms with Crippen molar-refractivity contribution in [1.29, 1.82) is 0 Å². The third-order valence-electron chi connectivity index (χ3n) is 3.20. The number of halogens is 1. The average molecular weight is 366 g/mol. The maximum absolute atomic E-state index is 8.91. The minimum absolute atomic E-state index is 0.0990. The van der Waals surface area contributed by atoms with Crippen LogP contribution in [0.4, 0.5) is 0 Å². The molecule has 0 aliphatic carbocycles.